The van der Waals surface area contributed by atoms with Gasteiger partial charge in [-0.05, 0) is 55.8 Å². The fraction of sp³-hybridized carbons (Fsp3) is 0.185. The number of ether oxygens (including phenoxy) is 2. The molecule has 0 saturated carbocycles. The van der Waals surface area contributed by atoms with Gasteiger partial charge >= 0.3 is 35.9 Å². The molecule has 0 radical (unpaired) electrons. The summed E-state index contributed by atoms with van der Waals surface area (Å²) in [7, 11) is 0. The van der Waals surface area contributed by atoms with Crippen LogP contribution in [-0.4, -0.2) is 28.2 Å². The maximum atomic E-state index is 13.0. The normalized spacial score (nSPS) is 12.4. The first-order valence-electron chi connectivity index (χ1n) is 11.4. The van der Waals surface area contributed by atoms with E-state index in [1.165, 1.54) is 19.1 Å². The number of carboxylic acids is 1. The Bertz CT molecular complexity index is 1680. The molecule has 1 atom stereocenters. The Morgan fingerprint density at radius 2 is 1.85 bits per heavy atom. The van der Waals surface area contributed by atoms with Gasteiger partial charge in [0.2, 0.25) is 0 Å². The van der Waals surface area contributed by atoms with E-state index in [0.29, 0.717) is 49.6 Å². The molecule has 2 aromatic heterocycles. The molecule has 0 aliphatic heterocycles. The third-order valence-electron chi connectivity index (χ3n) is 6.08. The second-order valence-corrected chi connectivity index (χ2v) is 9.11. The smallest absolute Gasteiger partial charge is 0.546 e. The van der Waals surface area contributed by atoms with Crippen molar-refractivity contribution < 1.29 is 66.6 Å². The van der Waals surface area contributed by atoms with Gasteiger partial charge in [-0.2, -0.15) is 0 Å². The number of rotatable bonds is 7. The van der Waals surface area contributed by atoms with Crippen molar-refractivity contribution in [3.05, 3.63) is 76.9 Å². The minimum Gasteiger partial charge on any atom is -0.546 e. The monoisotopic (exact) mass is 566 g/mol. The number of carbonyl (C=O) groups excluding carboxylic acids is 1. The molecule has 39 heavy (non-hydrogen) atoms. The topological polar surface area (TPSA) is 89.6 Å². The van der Waals surface area contributed by atoms with Crippen molar-refractivity contribution in [1.29, 1.82) is 0 Å². The zero-order valence-electron chi connectivity index (χ0n) is 21.0. The Balaban J connectivity index is 0.00000353. The largest absolute Gasteiger partial charge is 1.00 e. The van der Waals surface area contributed by atoms with Crippen LogP contribution in [0.15, 0.2) is 65.2 Å². The molecule has 3 aromatic carbocycles. The molecule has 0 saturated heterocycles. The van der Waals surface area contributed by atoms with Crippen LogP contribution in [0.5, 0.6) is 11.5 Å². The SMILES string of the molecule is Cc1c(-c2noc3cc(Cl)ccc23)c2ccc(OC(F)(F)F)cc2n1Cc1cccc(O[C@@H](C)C(=O)[O-])c1.[Na+]. The van der Waals surface area contributed by atoms with Gasteiger partial charge in [0.05, 0.1) is 11.5 Å². The molecule has 0 aliphatic rings. The summed E-state index contributed by atoms with van der Waals surface area (Å²) in [6, 6.07) is 16.0. The molecule has 5 rings (SSSR count). The van der Waals surface area contributed by atoms with Crippen LogP contribution in [0.1, 0.15) is 18.2 Å². The molecule has 12 heteroatoms. The van der Waals surface area contributed by atoms with Crippen LogP contribution in [0.3, 0.4) is 0 Å². The molecular formula is C27H19ClF3N2NaO5. The number of hydrogen-bond acceptors (Lipinski definition) is 6. The van der Waals surface area contributed by atoms with Crippen molar-refractivity contribution in [2.75, 3.05) is 0 Å². The predicted molar refractivity (Wildman–Crippen MR) is 132 cm³/mol. The number of hydrogen-bond donors (Lipinski definition) is 0. The fourth-order valence-electron chi connectivity index (χ4n) is 4.40. The van der Waals surface area contributed by atoms with Gasteiger partial charge < -0.3 is 28.5 Å². The van der Waals surface area contributed by atoms with Crippen LogP contribution in [-0.2, 0) is 11.3 Å². The third kappa shape index (κ3) is 6.04. The van der Waals surface area contributed by atoms with E-state index >= 15 is 0 Å². The summed E-state index contributed by atoms with van der Waals surface area (Å²) in [5.74, 6) is -1.41. The summed E-state index contributed by atoms with van der Waals surface area (Å²) in [5.41, 5.74) is 3.57. The Morgan fingerprint density at radius 3 is 2.56 bits per heavy atom. The number of aliphatic carboxylic acids is 1. The number of carbonyl (C=O) groups is 1. The third-order valence-corrected chi connectivity index (χ3v) is 6.32. The van der Waals surface area contributed by atoms with Crippen LogP contribution < -0.4 is 44.1 Å². The number of halogens is 4. The number of alkyl halides is 3. The summed E-state index contributed by atoms with van der Waals surface area (Å²) >= 11 is 6.08. The maximum Gasteiger partial charge on any atom is 1.00 e. The van der Waals surface area contributed by atoms with Crippen LogP contribution >= 0.6 is 11.6 Å². The average molecular weight is 567 g/mol. The van der Waals surface area contributed by atoms with Crippen molar-refractivity contribution in [2.45, 2.75) is 32.9 Å². The molecule has 5 aromatic rings. The van der Waals surface area contributed by atoms with E-state index in [9.17, 15) is 23.1 Å². The Kier molecular flexibility index (Phi) is 8.22. The molecule has 0 aliphatic carbocycles. The minimum atomic E-state index is -4.86. The molecule has 196 valence electrons. The first-order valence-corrected chi connectivity index (χ1v) is 11.8. The van der Waals surface area contributed by atoms with Crippen molar-refractivity contribution in [3.63, 3.8) is 0 Å². The van der Waals surface area contributed by atoms with E-state index in [1.807, 2.05) is 11.5 Å². The van der Waals surface area contributed by atoms with E-state index in [0.717, 1.165) is 5.56 Å². The van der Waals surface area contributed by atoms with Gasteiger partial charge in [-0.25, -0.2) is 0 Å². The Morgan fingerprint density at radius 1 is 1.10 bits per heavy atom. The number of carboxylic acid groups (broad SMARTS) is 1. The first kappa shape index (κ1) is 28.8. The van der Waals surface area contributed by atoms with Crippen molar-refractivity contribution >= 4 is 39.4 Å². The molecule has 0 spiro atoms. The number of nitrogens with zero attached hydrogens (tertiary/aromatic N) is 2. The van der Waals surface area contributed by atoms with Gasteiger partial charge in [0.25, 0.3) is 0 Å². The molecule has 0 fully saturated rings. The van der Waals surface area contributed by atoms with Crippen molar-refractivity contribution in [2.24, 2.45) is 0 Å². The molecule has 0 N–H and O–H groups in total. The molecule has 7 nitrogen and oxygen atoms in total. The quantitative estimate of drug-likeness (QED) is 0.282. The van der Waals surface area contributed by atoms with Crippen LogP contribution in [0.2, 0.25) is 5.02 Å². The summed E-state index contributed by atoms with van der Waals surface area (Å²) < 4.78 is 55.9. The Hall–Kier alpha value is -3.18. The second-order valence-electron chi connectivity index (χ2n) is 8.67. The Labute approximate surface area is 247 Å². The van der Waals surface area contributed by atoms with Gasteiger partial charge in [0.1, 0.15) is 23.3 Å². The van der Waals surface area contributed by atoms with Gasteiger partial charge in [-0.1, -0.05) is 28.9 Å². The van der Waals surface area contributed by atoms with E-state index in [-0.39, 0.29) is 41.9 Å². The average Bonchev–Trinajstić information content (AvgIpc) is 3.36. The number of benzene rings is 3. The van der Waals surface area contributed by atoms with Gasteiger partial charge in [-0.15, -0.1) is 13.2 Å². The number of aromatic nitrogens is 2. The van der Waals surface area contributed by atoms with Crippen LogP contribution in [0, 0.1) is 6.92 Å². The van der Waals surface area contributed by atoms with E-state index in [4.69, 9.17) is 20.9 Å². The number of fused-ring (bicyclic) bond motifs is 2. The molecule has 0 unspecified atom stereocenters. The second kappa shape index (κ2) is 11.1. The summed E-state index contributed by atoms with van der Waals surface area (Å²) in [6.07, 6.45) is -6.02. The molecule has 0 bridgehead atoms. The van der Waals surface area contributed by atoms with Gasteiger partial charge in [0, 0.05) is 45.7 Å². The summed E-state index contributed by atoms with van der Waals surface area (Å²) in [5, 5.41) is 17.1. The van der Waals surface area contributed by atoms with Gasteiger partial charge in [0.15, 0.2) is 5.58 Å². The maximum absolute atomic E-state index is 13.0. The van der Waals surface area contributed by atoms with E-state index in [2.05, 4.69) is 9.89 Å². The van der Waals surface area contributed by atoms with Gasteiger partial charge in [-0.3, -0.25) is 0 Å². The van der Waals surface area contributed by atoms with E-state index in [1.54, 1.807) is 48.5 Å². The van der Waals surface area contributed by atoms with Crippen molar-refractivity contribution in [1.82, 2.24) is 9.72 Å². The first-order chi connectivity index (χ1) is 18.0. The minimum absolute atomic E-state index is 0. The summed E-state index contributed by atoms with van der Waals surface area (Å²) in [6.45, 7) is 3.42. The van der Waals surface area contributed by atoms with Crippen molar-refractivity contribution in [3.8, 4) is 22.8 Å². The fourth-order valence-corrected chi connectivity index (χ4v) is 4.56. The van der Waals surface area contributed by atoms with E-state index < -0.39 is 18.4 Å². The van der Waals surface area contributed by atoms with Crippen LogP contribution in [0.25, 0.3) is 33.1 Å². The zero-order chi connectivity index (χ0) is 27.2. The molecule has 0 amide bonds. The predicted octanol–water partition coefficient (Wildman–Crippen LogP) is 2.88. The standard InChI is InChI=1S/C27H20ClF3N2O5.Na/c1-14-24(25-21-8-6-17(28)11-23(21)38-32-25)20-9-7-19(37-27(29,30)31)12-22(20)33(14)13-16-4-3-5-18(10-16)36-15(2)26(34)35;/h3-12,15H,13H2,1-2H3,(H,34,35);/q;+1/p-1/t15-;/m0./s1. The molecule has 2 heterocycles. The summed E-state index contributed by atoms with van der Waals surface area (Å²) in [4.78, 5) is 11.1. The van der Waals surface area contributed by atoms with Crippen LogP contribution in [0.4, 0.5) is 13.2 Å². The molecular weight excluding hydrogens is 548 g/mol. The zero-order valence-corrected chi connectivity index (χ0v) is 23.8.